The molecule has 0 N–H and O–H groups in total. The van der Waals surface area contributed by atoms with Gasteiger partial charge >= 0.3 is 0 Å². The monoisotopic (exact) mass is 192 g/mol. The fourth-order valence-electron chi connectivity index (χ4n) is 1.64. The molecule has 0 unspecified atom stereocenters. The summed E-state index contributed by atoms with van der Waals surface area (Å²) in [5.41, 5.74) is 0. The molecule has 1 rings (SSSR count). The third-order valence-corrected chi connectivity index (χ3v) is 2.43. The SMILES string of the molecule is CC(C)N1CCN(C)CC(F)(F)C1. The van der Waals surface area contributed by atoms with Crippen molar-refractivity contribution in [2.24, 2.45) is 0 Å². The highest BCUT2D eigenvalue weighted by Crippen LogP contribution is 2.20. The predicted molar refractivity (Wildman–Crippen MR) is 49.2 cm³/mol. The highest BCUT2D eigenvalue weighted by molar-refractivity contribution is 4.81. The van der Waals surface area contributed by atoms with E-state index in [1.54, 1.807) is 11.9 Å². The second-order valence-electron chi connectivity index (χ2n) is 4.16. The van der Waals surface area contributed by atoms with E-state index >= 15 is 0 Å². The summed E-state index contributed by atoms with van der Waals surface area (Å²) in [6.07, 6.45) is 0. The van der Waals surface area contributed by atoms with E-state index in [2.05, 4.69) is 0 Å². The number of alkyl halides is 2. The lowest BCUT2D eigenvalue weighted by Crippen LogP contribution is -2.41. The van der Waals surface area contributed by atoms with Gasteiger partial charge in [0.15, 0.2) is 0 Å². The molecule has 1 aliphatic heterocycles. The molecule has 0 aliphatic carbocycles. The second-order valence-corrected chi connectivity index (χ2v) is 4.16. The van der Waals surface area contributed by atoms with Crippen molar-refractivity contribution in [2.75, 3.05) is 33.2 Å². The van der Waals surface area contributed by atoms with Gasteiger partial charge in [-0.2, -0.15) is 0 Å². The third kappa shape index (κ3) is 3.19. The fraction of sp³-hybridized carbons (Fsp3) is 1.00. The highest BCUT2D eigenvalue weighted by Gasteiger charge is 2.36. The van der Waals surface area contributed by atoms with Crippen molar-refractivity contribution in [1.29, 1.82) is 0 Å². The van der Waals surface area contributed by atoms with Crippen molar-refractivity contribution in [2.45, 2.75) is 25.8 Å². The first-order chi connectivity index (χ1) is 5.91. The van der Waals surface area contributed by atoms with Crippen molar-refractivity contribution in [3.8, 4) is 0 Å². The molecular formula is C9H18F2N2. The van der Waals surface area contributed by atoms with Crippen molar-refractivity contribution in [3.63, 3.8) is 0 Å². The minimum absolute atomic E-state index is 0.102. The van der Waals surface area contributed by atoms with Crippen LogP contribution >= 0.6 is 0 Å². The number of rotatable bonds is 1. The quantitative estimate of drug-likeness (QED) is 0.617. The summed E-state index contributed by atoms with van der Waals surface area (Å²) in [5.74, 6) is -2.56. The summed E-state index contributed by atoms with van der Waals surface area (Å²) in [6.45, 7) is 5.17. The summed E-state index contributed by atoms with van der Waals surface area (Å²) in [5, 5.41) is 0. The third-order valence-electron chi connectivity index (χ3n) is 2.43. The highest BCUT2D eigenvalue weighted by atomic mass is 19.3. The Kier molecular flexibility index (Phi) is 3.24. The average molecular weight is 192 g/mol. The minimum Gasteiger partial charge on any atom is -0.299 e. The zero-order valence-electron chi connectivity index (χ0n) is 8.56. The molecule has 0 radical (unpaired) electrons. The summed E-state index contributed by atoms with van der Waals surface area (Å²) in [6, 6.07) is 0.206. The van der Waals surface area contributed by atoms with Crippen LogP contribution in [0, 0.1) is 0 Å². The standard InChI is InChI=1S/C9H18F2N2/c1-8(2)13-5-4-12(3)6-9(10,11)7-13/h8H,4-7H2,1-3H3. The lowest BCUT2D eigenvalue weighted by molar-refractivity contribution is -0.0389. The smallest absolute Gasteiger partial charge is 0.272 e. The zero-order chi connectivity index (χ0) is 10.1. The summed E-state index contributed by atoms with van der Waals surface area (Å²) >= 11 is 0. The molecule has 1 heterocycles. The summed E-state index contributed by atoms with van der Waals surface area (Å²) < 4.78 is 26.5. The van der Waals surface area contributed by atoms with Crippen molar-refractivity contribution >= 4 is 0 Å². The zero-order valence-corrected chi connectivity index (χ0v) is 8.56. The van der Waals surface area contributed by atoms with E-state index in [1.807, 2.05) is 18.7 Å². The maximum absolute atomic E-state index is 13.2. The van der Waals surface area contributed by atoms with Gasteiger partial charge in [0.25, 0.3) is 5.92 Å². The van der Waals surface area contributed by atoms with Crippen LogP contribution in [-0.4, -0.2) is 55.0 Å². The topological polar surface area (TPSA) is 6.48 Å². The van der Waals surface area contributed by atoms with Gasteiger partial charge in [-0.05, 0) is 20.9 Å². The van der Waals surface area contributed by atoms with Crippen LogP contribution in [0.15, 0.2) is 0 Å². The van der Waals surface area contributed by atoms with Crippen LogP contribution in [0.1, 0.15) is 13.8 Å². The molecule has 4 heteroatoms. The van der Waals surface area contributed by atoms with Crippen LogP contribution < -0.4 is 0 Å². The van der Waals surface area contributed by atoms with Crippen LogP contribution in [0.4, 0.5) is 8.78 Å². The molecular weight excluding hydrogens is 174 g/mol. The van der Waals surface area contributed by atoms with E-state index in [0.717, 1.165) is 13.1 Å². The number of likely N-dealkylation sites (N-methyl/N-ethyl adjacent to an activating group) is 1. The van der Waals surface area contributed by atoms with Crippen molar-refractivity contribution in [1.82, 2.24) is 9.80 Å². The molecule has 0 aromatic carbocycles. The minimum atomic E-state index is -2.56. The molecule has 0 aromatic rings. The first kappa shape index (κ1) is 10.9. The fourth-order valence-corrected chi connectivity index (χ4v) is 1.64. The van der Waals surface area contributed by atoms with Gasteiger partial charge in [-0.15, -0.1) is 0 Å². The lowest BCUT2D eigenvalue weighted by Gasteiger charge is -2.26. The molecule has 0 amide bonds. The molecule has 0 spiro atoms. The Bertz CT molecular complexity index is 171. The van der Waals surface area contributed by atoms with E-state index < -0.39 is 5.92 Å². The molecule has 13 heavy (non-hydrogen) atoms. The first-order valence-electron chi connectivity index (χ1n) is 4.71. The summed E-state index contributed by atoms with van der Waals surface area (Å²) in [4.78, 5) is 3.53. The Hall–Kier alpha value is -0.220. The van der Waals surface area contributed by atoms with E-state index in [1.165, 1.54) is 0 Å². The number of nitrogens with zero attached hydrogens (tertiary/aromatic N) is 2. The molecule has 0 bridgehead atoms. The van der Waals surface area contributed by atoms with E-state index in [4.69, 9.17) is 0 Å². The van der Waals surface area contributed by atoms with Crippen LogP contribution in [0.2, 0.25) is 0 Å². The molecule has 78 valence electrons. The Balaban J connectivity index is 2.62. The van der Waals surface area contributed by atoms with Gasteiger partial charge in [0, 0.05) is 19.1 Å². The van der Waals surface area contributed by atoms with Gasteiger partial charge in [0.1, 0.15) is 0 Å². The van der Waals surface area contributed by atoms with Gasteiger partial charge < -0.3 is 0 Å². The van der Waals surface area contributed by atoms with Gasteiger partial charge in [-0.25, -0.2) is 8.78 Å². The maximum Gasteiger partial charge on any atom is 0.272 e. The van der Waals surface area contributed by atoms with Crippen LogP contribution in [0.5, 0.6) is 0 Å². The maximum atomic E-state index is 13.2. The van der Waals surface area contributed by atoms with Crippen LogP contribution in [0.3, 0.4) is 0 Å². The Morgan fingerprint density at radius 1 is 1.15 bits per heavy atom. The van der Waals surface area contributed by atoms with E-state index in [9.17, 15) is 8.78 Å². The Morgan fingerprint density at radius 2 is 1.77 bits per heavy atom. The van der Waals surface area contributed by atoms with E-state index in [0.29, 0.717) is 0 Å². The number of halogens is 2. The van der Waals surface area contributed by atoms with E-state index in [-0.39, 0.29) is 19.1 Å². The normalized spacial score (nSPS) is 26.3. The van der Waals surface area contributed by atoms with Gasteiger partial charge in [-0.1, -0.05) is 0 Å². The Morgan fingerprint density at radius 3 is 2.31 bits per heavy atom. The van der Waals surface area contributed by atoms with Gasteiger partial charge in [0.2, 0.25) is 0 Å². The molecule has 0 saturated carbocycles. The van der Waals surface area contributed by atoms with Crippen LogP contribution in [0.25, 0.3) is 0 Å². The number of hydrogen-bond donors (Lipinski definition) is 0. The molecule has 1 aliphatic rings. The predicted octanol–water partition coefficient (Wildman–Crippen LogP) is 1.28. The molecule has 1 fully saturated rings. The Labute approximate surface area is 78.5 Å². The largest absolute Gasteiger partial charge is 0.299 e. The lowest BCUT2D eigenvalue weighted by atomic mass is 10.2. The molecule has 1 saturated heterocycles. The molecule has 0 aromatic heterocycles. The average Bonchev–Trinajstić information content (AvgIpc) is 2.07. The number of hydrogen-bond acceptors (Lipinski definition) is 2. The van der Waals surface area contributed by atoms with Crippen molar-refractivity contribution < 1.29 is 8.78 Å². The van der Waals surface area contributed by atoms with Crippen molar-refractivity contribution in [3.05, 3.63) is 0 Å². The molecule has 0 atom stereocenters. The van der Waals surface area contributed by atoms with Gasteiger partial charge in [0.05, 0.1) is 13.1 Å². The first-order valence-corrected chi connectivity index (χ1v) is 4.71. The van der Waals surface area contributed by atoms with Crippen LogP contribution in [-0.2, 0) is 0 Å². The molecule has 2 nitrogen and oxygen atoms in total. The van der Waals surface area contributed by atoms with Gasteiger partial charge in [-0.3, -0.25) is 9.80 Å². The second kappa shape index (κ2) is 3.88. The summed E-state index contributed by atoms with van der Waals surface area (Å²) in [7, 11) is 1.75.